The Morgan fingerprint density at radius 1 is 1.12 bits per heavy atom. The molecule has 0 heterocycles. The summed E-state index contributed by atoms with van der Waals surface area (Å²) in [5.74, 6) is -2.55. The number of hydrogen-bond donors (Lipinski definition) is 6. The minimum Gasteiger partial charge on any atom is -0.480 e. The number of carbonyl (C=O) groups is 4. The third-order valence-corrected chi connectivity index (χ3v) is 3.73. The maximum absolute atomic E-state index is 12.0. The molecule has 0 aromatic carbocycles. The second-order valence-corrected chi connectivity index (χ2v) is 7.23. The number of quaternary nitrogens is 1. The average molecular weight is 393 g/mol. The molecule has 3 amide bonds. The molecule has 0 saturated carbocycles. The van der Waals surface area contributed by atoms with Crippen LogP contribution in [0.15, 0.2) is 0 Å². The lowest BCUT2D eigenvalue weighted by molar-refractivity contribution is -0.869. The maximum Gasteiger partial charge on any atom is 0.320 e. The summed E-state index contributed by atoms with van der Waals surface area (Å²) in [5, 5.41) is 16.2. The van der Waals surface area contributed by atoms with Crippen LogP contribution in [0.1, 0.15) is 12.8 Å². The van der Waals surface area contributed by atoms with E-state index in [0.717, 1.165) is 6.54 Å². The first-order chi connectivity index (χ1) is 12.0. The van der Waals surface area contributed by atoms with Crippen molar-refractivity contribution in [2.24, 2.45) is 5.73 Å². The number of amides is 3. The van der Waals surface area contributed by atoms with Crippen molar-refractivity contribution in [1.29, 1.82) is 0 Å². The van der Waals surface area contributed by atoms with Gasteiger partial charge in [0.1, 0.15) is 12.1 Å². The van der Waals surface area contributed by atoms with Gasteiger partial charge in [0, 0.05) is 12.2 Å². The Morgan fingerprint density at radius 2 is 1.73 bits per heavy atom. The topological polar surface area (TPSA) is 151 Å². The molecule has 2 atom stereocenters. The standard InChI is InChI=1S/C15H29N5O5S/c1-20(2,3)7-6-17-13(22)8-18-14(23)11(9-26)19-12(21)5-4-10(16)15(24)25/h10-11H,4-9,16H2,1-3H3,(H4-,17,18,19,21,22,23,24,25,26)/p+1. The van der Waals surface area contributed by atoms with Crippen molar-refractivity contribution in [3.63, 3.8) is 0 Å². The molecule has 26 heavy (non-hydrogen) atoms. The van der Waals surface area contributed by atoms with Gasteiger partial charge in [-0.3, -0.25) is 19.2 Å². The molecule has 0 saturated heterocycles. The van der Waals surface area contributed by atoms with Gasteiger partial charge in [0.2, 0.25) is 17.7 Å². The van der Waals surface area contributed by atoms with E-state index in [2.05, 4.69) is 28.6 Å². The minimum absolute atomic E-state index is 0.0334. The van der Waals surface area contributed by atoms with E-state index >= 15 is 0 Å². The van der Waals surface area contributed by atoms with Crippen LogP contribution < -0.4 is 21.7 Å². The van der Waals surface area contributed by atoms with Crippen molar-refractivity contribution in [2.45, 2.75) is 24.9 Å². The summed E-state index contributed by atoms with van der Waals surface area (Å²) in [6.07, 6.45) is -0.173. The summed E-state index contributed by atoms with van der Waals surface area (Å²) < 4.78 is 0.700. The van der Waals surface area contributed by atoms with Crippen LogP contribution in [0.5, 0.6) is 0 Å². The number of carboxylic acids is 1. The second kappa shape index (κ2) is 11.7. The zero-order valence-corrected chi connectivity index (χ0v) is 16.3. The first-order valence-corrected chi connectivity index (χ1v) is 8.83. The van der Waals surface area contributed by atoms with Crippen LogP contribution in [0.25, 0.3) is 0 Å². The van der Waals surface area contributed by atoms with Gasteiger partial charge in [0.15, 0.2) is 0 Å². The highest BCUT2D eigenvalue weighted by Gasteiger charge is 2.21. The monoisotopic (exact) mass is 392 g/mol. The first-order valence-electron chi connectivity index (χ1n) is 8.19. The molecule has 0 fully saturated rings. The summed E-state index contributed by atoms with van der Waals surface area (Å²) in [6.45, 7) is 1.02. The summed E-state index contributed by atoms with van der Waals surface area (Å²) in [5.41, 5.74) is 5.32. The molecule has 0 aromatic rings. The average Bonchev–Trinajstić information content (AvgIpc) is 2.53. The molecule has 0 radical (unpaired) electrons. The Morgan fingerprint density at radius 3 is 2.23 bits per heavy atom. The van der Waals surface area contributed by atoms with Crippen LogP contribution in [0.2, 0.25) is 0 Å². The van der Waals surface area contributed by atoms with Crippen molar-refractivity contribution in [2.75, 3.05) is 46.5 Å². The Hall–Kier alpha value is -1.85. The lowest BCUT2D eigenvalue weighted by Crippen LogP contribution is -2.50. The van der Waals surface area contributed by atoms with Crippen molar-refractivity contribution >= 4 is 36.3 Å². The number of hydrogen-bond acceptors (Lipinski definition) is 6. The molecule has 2 unspecified atom stereocenters. The number of nitrogens with zero attached hydrogens (tertiary/aromatic N) is 1. The van der Waals surface area contributed by atoms with Crippen molar-refractivity contribution in [1.82, 2.24) is 16.0 Å². The number of rotatable bonds is 12. The van der Waals surface area contributed by atoms with E-state index < -0.39 is 29.9 Å². The van der Waals surface area contributed by atoms with Crippen LogP contribution in [-0.4, -0.2) is 91.9 Å². The van der Waals surface area contributed by atoms with E-state index in [9.17, 15) is 19.2 Å². The predicted molar refractivity (Wildman–Crippen MR) is 99.5 cm³/mol. The van der Waals surface area contributed by atoms with E-state index in [1.807, 2.05) is 21.1 Å². The molecule has 0 aromatic heterocycles. The molecule has 0 aliphatic carbocycles. The van der Waals surface area contributed by atoms with Crippen LogP contribution in [0, 0.1) is 0 Å². The number of nitrogens with one attached hydrogen (secondary N) is 3. The number of thiol groups is 1. The Bertz CT molecular complexity index is 509. The molecular weight excluding hydrogens is 362 g/mol. The Labute approximate surface area is 158 Å². The van der Waals surface area contributed by atoms with Gasteiger partial charge >= 0.3 is 5.97 Å². The zero-order valence-electron chi connectivity index (χ0n) is 15.4. The summed E-state index contributed by atoms with van der Waals surface area (Å²) in [7, 11) is 5.99. The van der Waals surface area contributed by atoms with Gasteiger partial charge in [-0.1, -0.05) is 0 Å². The van der Waals surface area contributed by atoms with Crippen LogP contribution >= 0.6 is 12.6 Å². The number of likely N-dealkylation sites (N-methyl/N-ethyl adjacent to an activating group) is 1. The number of carboxylic acid groups (broad SMARTS) is 1. The molecule has 6 N–H and O–H groups in total. The van der Waals surface area contributed by atoms with E-state index in [-0.39, 0.29) is 31.0 Å². The summed E-state index contributed by atoms with van der Waals surface area (Å²) >= 11 is 4.01. The van der Waals surface area contributed by atoms with Crippen molar-refractivity contribution < 1.29 is 28.8 Å². The van der Waals surface area contributed by atoms with Crippen molar-refractivity contribution in [3.05, 3.63) is 0 Å². The number of aliphatic carboxylic acids is 1. The Balaban J connectivity index is 4.21. The van der Waals surface area contributed by atoms with Crippen LogP contribution in [-0.2, 0) is 19.2 Å². The molecular formula is C15H30N5O5S+. The molecule has 0 spiro atoms. The number of nitrogens with two attached hydrogens (primary N) is 1. The molecule has 11 heteroatoms. The van der Waals surface area contributed by atoms with E-state index in [4.69, 9.17) is 10.8 Å². The maximum atomic E-state index is 12.0. The molecule has 0 aliphatic rings. The zero-order chi connectivity index (χ0) is 20.3. The van der Waals surface area contributed by atoms with Gasteiger partial charge in [-0.15, -0.1) is 0 Å². The third kappa shape index (κ3) is 11.7. The highest BCUT2D eigenvalue weighted by atomic mass is 32.1. The molecule has 10 nitrogen and oxygen atoms in total. The van der Waals surface area contributed by atoms with Gasteiger partial charge in [0.25, 0.3) is 0 Å². The van der Waals surface area contributed by atoms with Gasteiger partial charge < -0.3 is 31.3 Å². The first kappa shape index (κ1) is 24.1. The quantitative estimate of drug-likeness (QED) is 0.160. The Kier molecular flexibility index (Phi) is 10.9. The highest BCUT2D eigenvalue weighted by molar-refractivity contribution is 7.80. The largest absolute Gasteiger partial charge is 0.480 e. The normalized spacial score (nSPS) is 13.4. The fraction of sp³-hybridized carbons (Fsp3) is 0.733. The van der Waals surface area contributed by atoms with Crippen LogP contribution in [0.4, 0.5) is 0 Å². The molecule has 0 aliphatic heterocycles. The molecule has 0 rings (SSSR count). The molecule has 0 bridgehead atoms. The van der Waals surface area contributed by atoms with Gasteiger partial charge in [-0.2, -0.15) is 12.6 Å². The third-order valence-electron chi connectivity index (χ3n) is 3.36. The van der Waals surface area contributed by atoms with E-state index in [1.165, 1.54) is 0 Å². The highest BCUT2D eigenvalue weighted by Crippen LogP contribution is 1.97. The number of carbonyl (C=O) groups excluding carboxylic acids is 3. The fourth-order valence-electron chi connectivity index (χ4n) is 1.75. The van der Waals surface area contributed by atoms with Gasteiger partial charge in [0.05, 0.1) is 40.8 Å². The predicted octanol–water partition coefficient (Wildman–Crippen LogP) is -2.47. The fourth-order valence-corrected chi connectivity index (χ4v) is 2.01. The van der Waals surface area contributed by atoms with Crippen molar-refractivity contribution in [3.8, 4) is 0 Å². The van der Waals surface area contributed by atoms with Crippen LogP contribution in [0.3, 0.4) is 0 Å². The van der Waals surface area contributed by atoms with E-state index in [0.29, 0.717) is 11.0 Å². The lowest BCUT2D eigenvalue weighted by atomic mass is 10.1. The molecule has 150 valence electrons. The smallest absolute Gasteiger partial charge is 0.320 e. The second-order valence-electron chi connectivity index (χ2n) is 6.87. The minimum atomic E-state index is -1.20. The van der Waals surface area contributed by atoms with E-state index in [1.54, 1.807) is 0 Å². The SMILES string of the molecule is C[N+](C)(C)CCNC(=O)CNC(=O)C(CS)NC(=O)CCC(N)C(=O)O. The summed E-state index contributed by atoms with van der Waals surface area (Å²) in [4.78, 5) is 46.1. The van der Waals surface area contributed by atoms with Gasteiger partial charge in [-0.25, -0.2) is 0 Å². The lowest BCUT2D eigenvalue weighted by Gasteiger charge is -2.23. The van der Waals surface area contributed by atoms with Gasteiger partial charge in [-0.05, 0) is 6.42 Å². The summed E-state index contributed by atoms with van der Waals surface area (Å²) in [6, 6.07) is -2.06.